The lowest BCUT2D eigenvalue weighted by Crippen LogP contribution is -2.22. The van der Waals surface area contributed by atoms with Crippen LogP contribution in [0.15, 0.2) is 77.5 Å². The molecule has 6 aromatic rings. The van der Waals surface area contributed by atoms with Crippen molar-refractivity contribution in [2.45, 2.75) is 32.4 Å². The number of hydrazine groups is 1. The summed E-state index contributed by atoms with van der Waals surface area (Å²) < 4.78 is 13.3. The van der Waals surface area contributed by atoms with Crippen LogP contribution in [-0.4, -0.2) is 33.6 Å². The smallest absolute Gasteiger partial charge is 0.251 e. The number of hydrogen-bond acceptors (Lipinski definition) is 9. The molecule has 0 atom stereocenters. The molecule has 0 aliphatic carbocycles. The molecule has 240 valence electrons. The van der Waals surface area contributed by atoms with E-state index in [0.29, 0.717) is 40.7 Å². The predicted octanol–water partition coefficient (Wildman–Crippen LogP) is 5.16. The van der Waals surface area contributed by atoms with E-state index in [1.807, 2.05) is 54.6 Å². The van der Waals surface area contributed by atoms with Crippen molar-refractivity contribution in [1.82, 2.24) is 20.0 Å². The zero-order valence-electron chi connectivity index (χ0n) is 25.5. The highest BCUT2D eigenvalue weighted by atomic mass is 35.5. The summed E-state index contributed by atoms with van der Waals surface area (Å²) in [5.74, 6) is 15.3. The minimum Gasteiger partial charge on any atom is -0.497 e. The van der Waals surface area contributed by atoms with Crippen molar-refractivity contribution in [3.63, 3.8) is 0 Å². The number of nitrogens with zero attached hydrogens (tertiary/aromatic N) is 3. The lowest BCUT2D eigenvalue weighted by atomic mass is 10.00. The number of aryl methyl sites for hydroxylation is 3. The van der Waals surface area contributed by atoms with E-state index in [2.05, 4.69) is 38.6 Å². The molecule has 3 heterocycles. The number of carbonyl (C=O) groups excluding carboxylic acids is 1. The largest absolute Gasteiger partial charge is 0.497 e. The van der Waals surface area contributed by atoms with Gasteiger partial charge in [0.05, 0.1) is 35.4 Å². The summed E-state index contributed by atoms with van der Waals surface area (Å²) in [4.78, 5) is 17.9. The summed E-state index contributed by atoms with van der Waals surface area (Å²) in [7, 11) is 1.63. The van der Waals surface area contributed by atoms with E-state index >= 15 is 0 Å². The summed E-state index contributed by atoms with van der Waals surface area (Å²) in [5.41, 5.74) is 11.6. The molecular formula is C34H33ClN8O3S. The fourth-order valence-corrected chi connectivity index (χ4v) is 6.07. The van der Waals surface area contributed by atoms with Crippen molar-refractivity contribution in [3.8, 4) is 17.6 Å². The Labute approximate surface area is 280 Å². The average molecular weight is 669 g/mol. The van der Waals surface area contributed by atoms with Gasteiger partial charge in [-0.3, -0.25) is 21.9 Å². The number of ether oxygens (including phenoxy) is 1. The second-order valence-electron chi connectivity index (χ2n) is 10.4. The van der Waals surface area contributed by atoms with Gasteiger partial charge >= 0.3 is 0 Å². The van der Waals surface area contributed by atoms with Crippen molar-refractivity contribution < 1.29 is 14.1 Å². The molecule has 0 fully saturated rings. The van der Waals surface area contributed by atoms with Crippen LogP contribution in [0.25, 0.3) is 21.1 Å². The molecule has 8 N–H and O–H groups in total. The second-order valence-corrected chi connectivity index (χ2v) is 11.9. The minimum absolute atomic E-state index is 0.0856. The highest BCUT2D eigenvalue weighted by Gasteiger charge is 2.19. The van der Waals surface area contributed by atoms with Crippen LogP contribution in [0.3, 0.4) is 0 Å². The van der Waals surface area contributed by atoms with Crippen LogP contribution in [0.4, 0.5) is 0 Å². The van der Waals surface area contributed by atoms with Crippen LogP contribution < -0.4 is 27.5 Å². The minimum atomic E-state index is -0.224. The zero-order chi connectivity index (χ0) is 33.3. The molecule has 47 heavy (non-hydrogen) atoms. The SMILES string of the molecule is COc1ccc2sc(C#Cc3c(CCc4ccc(Cl)cc4)c4cc(C(=O)NCc5ccon5)ccc4n3CCC(=N)N)nc2c1.NN. The number of amidine groups is 1. The molecule has 6 rings (SSSR count). The lowest BCUT2D eigenvalue weighted by Gasteiger charge is -2.08. The van der Waals surface area contributed by atoms with Gasteiger partial charge in [0.25, 0.3) is 5.91 Å². The van der Waals surface area contributed by atoms with Gasteiger partial charge in [0, 0.05) is 46.6 Å². The van der Waals surface area contributed by atoms with Crippen LogP contribution in [0.1, 0.15) is 44.3 Å². The van der Waals surface area contributed by atoms with E-state index < -0.39 is 0 Å². The molecule has 0 saturated heterocycles. The average Bonchev–Trinajstić information content (AvgIpc) is 3.83. The molecule has 0 saturated carbocycles. The second kappa shape index (κ2) is 15.4. The fourth-order valence-electron chi connectivity index (χ4n) is 5.15. The van der Waals surface area contributed by atoms with Crippen LogP contribution in [0.2, 0.25) is 5.02 Å². The maximum atomic E-state index is 13.2. The van der Waals surface area contributed by atoms with Crippen molar-refractivity contribution in [1.29, 1.82) is 5.41 Å². The summed E-state index contributed by atoms with van der Waals surface area (Å²) in [6.45, 7) is 0.715. The maximum absolute atomic E-state index is 13.2. The number of nitrogens with two attached hydrogens (primary N) is 3. The molecule has 0 spiro atoms. The predicted molar refractivity (Wildman–Crippen MR) is 186 cm³/mol. The van der Waals surface area contributed by atoms with Gasteiger partial charge in [-0.25, -0.2) is 4.98 Å². The van der Waals surface area contributed by atoms with Crippen LogP contribution in [-0.2, 0) is 25.9 Å². The number of nitrogens with one attached hydrogen (secondary N) is 2. The molecule has 3 aromatic heterocycles. The summed E-state index contributed by atoms with van der Waals surface area (Å²) in [6.07, 6.45) is 3.23. The summed E-state index contributed by atoms with van der Waals surface area (Å²) >= 11 is 7.65. The maximum Gasteiger partial charge on any atom is 0.251 e. The number of rotatable bonds is 10. The van der Waals surface area contributed by atoms with Gasteiger partial charge in [-0.05, 0) is 78.3 Å². The first-order valence-corrected chi connectivity index (χ1v) is 15.8. The Kier molecular flexibility index (Phi) is 10.9. The molecule has 13 heteroatoms. The van der Waals surface area contributed by atoms with E-state index in [9.17, 15) is 4.79 Å². The van der Waals surface area contributed by atoms with Gasteiger partial charge in [-0.1, -0.05) is 28.9 Å². The molecule has 3 aromatic carbocycles. The topological polar surface area (TPSA) is 184 Å². The van der Waals surface area contributed by atoms with E-state index in [-0.39, 0.29) is 18.3 Å². The number of methoxy groups -OCH3 is 1. The molecule has 0 aliphatic heterocycles. The first-order valence-electron chi connectivity index (χ1n) is 14.6. The third-order valence-electron chi connectivity index (χ3n) is 7.42. The Hall–Kier alpha value is -5.19. The fraction of sp³-hybridized carbons (Fsp3) is 0.176. The van der Waals surface area contributed by atoms with Gasteiger partial charge in [-0.15, -0.1) is 11.3 Å². The number of halogens is 1. The number of fused-ring (bicyclic) bond motifs is 2. The first-order chi connectivity index (χ1) is 22.9. The van der Waals surface area contributed by atoms with E-state index in [0.717, 1.165) is 50.1 Å². The molecular weight excluding hydrogens is 636 g/mol. The first kappa shape index (κ1) is 33.2. The Morgan fingerprint density at radius 2 is 1.89 bits per heavy atom. The number of hydrogen-bond donors (Lipinski definition) is 5. The highest BCUT2D eigenvalue weighted by Crippen LogP contribution is 2.30. The molecule has 0 bridgehead atoms. The third kappa shape index (κ3) is 7.97. The van der Waals surface area contributed by atoms with Crippen molar-refractivity contribution in [3.05, 3.63) is 111 Å². The lowest BCUT2D eigenvalue weighted by molar-refractivity contribution is 0.0950. The van der Waals surface area contributed by atoms with E-state index in [4.69, 9.17) is 37.0 Å². The molecule has 1 amide bonds. The van der Waals surface area contributed by atoms with Gasteiger partial charge < -0.3 is 24.9 Å². The number of amides is 1. The van der Waals surface area contributed by atoms with Gasteiger partial charge in [0.2, 0.25) is 0 Å². The number of benzene rings is 3. The Balaban J connectivity index is 0.00000213. The Morgan fingerprint density at radius 1 is 1.09 bits per heavy atom. The Bertz CT molecular complexity index is 2080. The molecule has 0 aliphatic rings. The number of aromatic nitrogens is 3. The molecule has 0 radical (unpaired) electrons. The Morgan fingerprint density at radius 3 is 2.62 bits per heavy atom. The molecule has 11 nitrogen and oxygen atoms in total. The summed E-state index contributed by atoms with van der Waals surface area (Å²) in [5, 5.41) is 17.0. The summed E-state index contributed by atoms with van der Waals surface area (Å²) in [6, 6.07) is 20.9. The molecule has 0 unspecified atom stereocenters. The monoisotopic (exact) mass is 668 g/mol. The van der Waals surface area contributed by atoms with Crippen LogP contribution >= 0.6 is 22.9 Å². The van der Waals surface area contributed by atoms with Crippen LogP contribution in [0, 0.1) is 17.3 Å². The van der Waals surface area contributed by atoms with Crippen molar-refractivity contribution >= 4 is 55.8 Å². The quantitative estimate of drug-likeness (QED) is 0.0436. The van der Waals surface area contributed by atoms with Crippen molar-refractivity contribution in [2.75, 3.05) is 7.11 Å². The standard InChI is InChI=1S/C34H29ClN6O3S.H4N2/c1-43-25-8-12-31-28(19-25)39-33(45-31)13-11-29-26(9-4-21-2-6-23(35)7-3-21)27-18-22(34(42)38-20-24-15-17-44-40-24)5-10-30(27)41(29)16-14-32(36)37;1-2/h2-3,5-8,10,12,15,17-19H,4,9,14,16,20H2,1H3,(H3,36,37)(H,38,42);1-2H2. The third-order valence-corrected chi connectivity index (χ3v) is 8.62. The normalized spacial score (nSPS) is 10.6. The highest BCUT2D eigenvalue weighted by molar-refractivity contribution is 7.19. The van der Waals surface area contributed by atoms with Gasteiger partial charge in [0.1, 0.15) is 17.7 Å². The van der Waals surface area contributed by atoms with Crippen molar-refractivity contribution in [2.24, 2.45) is 17.4 Å². The van der Waals surface area contributed by atoms with Gasteiger partial charge in [0.15, 0.2) is 5.01 Å². The van der Waals surface area contributed by atoms with Gasteiger partial charge in [-0.2, -0.15) is 0 Å². The van der Waals surface area contributed by atoms with Crippen LogP contribution in [0.5, 0.6) is 5.75 Å². The van der Waals surface area contributed by atoms with E-state index in [1.54, 1.807) is 19.2 Å². The van der Waals surface area contributed by atoms with E-state index in [1.165, 1.54) is 17.6 Å². The number of thiazole rings is 1. The zero-order valence-corrected chi connectivity index (χ0v) is 27.1. The number of carbonyl (C=O) groups is 1.